The first kappa shape index (κ1) is 27.3. The van der Waals surface area contributed by atoms with Crippen molar-refractivity contribution < 1.29 is 9.47 Å². The first-order valence-electron chi connectivity index (χ1n) is 13.9. The zero-order chi connectivity index (χ0) is 28.3. The average molecular weight is 527 g/mol. The molecule has 0 saturated heterocycles. The van der Waals surface area contributed by atoms with Gasteiger partial charge in [-0.15, -0.1) is 0 Å². The van der Waals surface area contributed by atoms with Crippen molar-refractivity contribution in [1.29, 1.82) is 0 Å². The Morgan fingerprint density at radius 1 is 0.400 bits per heavy atom. The maximum atomic E-state index is 5.99. The van der Waals surface area contributed by atoms with Crippen molar-refractivity contribution in [2.24, 2.45) is 0 Å². The van der Waals surface area contributed by atoms with Crippen LogP contribution in [0.4, 0.5) is 0 Å². The molecule has 2 heteroatoms. The highest BCUT2D eigenvalue weighted by atomic mass is 16.5. The van der Waals surface area contributed by atoms with Gasteiger partial charge in [-0.25, -0.2) is 0 Å². The van der Waals surface area contributed by atoms with E-state index in [0.717, 1.165) is 22.6 Å². The topological polar surface area (TPSA) is 18.5 Å². The molecule has 0 aliphatic heterocycles. The quantitative estimate of drug-likeness (QED) is 0.162. The van der Waals surface area contributed by atoms with Crippen molar-refractivity contribution in [3.05, 3.63) is 119 Å². The fourth-order valence-corrected chi connectivity index (χ4v) is 4.92. The van der Waals surface area contributed by atoms with Gasteiger partial charge in [0.15, 0.2) is 0 Å². The van der Waals surface area contributed by atoms with E-state index in [1.165, 1.54) is 32.7 Å². The summed E-state index contributed by atoms with van der Waals surface area (Å²) in [6.45, 7) is 12.4. The van der Waals surface area contributed by atoms with E-state index in [4.69, 9.17) is 9.47 Å². The normalized spacial score (nSPS) is 12.6. The summed E-state index contributed by atoms with van der Waals surface area (Å²) in [5.74, 6) is 1.76. The van der Waals surface area contributed by atoms with Crippen LogP contribution in [-0.4, -0.2) is 11.2 Å². The minimum Gasteiger partial charge on any atom is -0.488 e. The second-order valence-corrected chi connectivity index (χ2v) is 12.2. The minimum absolute atomic E-state index is 0.213. The number of ether oxygens (including phenoxy) is 2. The molecule has 0 heterocycles. The molecule has 0 aliphatic carbocycles. The Balaban J connectivity index is 1.52. The van der Waals surface area contributed by atoms with E-state index in [1.54, 1.807) is 0 Å². The lowest BCUT2D eigenvalue weighted by Gasteiger charge is -2.21. The number of hydrogen-bond acceptors (Lipinski definition) is 2. The van der Waals surface area contributed by atoms with E-state index in [0.29, 0.717) is 0 Å². The predicted octanol–water partition coefficient (Wildman–Crippen LogP) is 10.7. The molecule has 0 unspecified atom stereocenters. The van der Waals surface area contributed by atoms with E-state index in [2.05, 4.69) is 139 Å². The van der Waals surface area contributed by atoms with Crippen LogP contribution < -0.4 is 9.47 Å². The number of benzene rings is 5. The molecule has 0 fully saturated rings. The molecule has 5 aromatic rings. The Bertz CT molecular complexity index is 1490. The molecule has 5 rings (SSSR count). The molecule has 0 amide bonds. The van der Waals surface area contributed by atoms with Crippen LogP contribution in [0.15, 0.2) is 97.1 Å². The van der Waals surface area contributed by atoms with Gasteiger partial charge < -0.3 is 9.47 Å². The maximum Gasteiger partial charge on any atom is 0.120 e. The Morgan fingerprint density at radius 3 is 0.975 bits per heavy atom. The zero-order valence-electron chi connectivity index (χ0n) is 24.4. The predicted molar refractivity (Wildman–Crippen MR) is 173 cm³/mol. The highest BCUT2D eigenvalue weighted by molar-refractivity contribution is 6.14. The molecule has 5 aromatic carbocycles. The summed E-state index contributed by atoms with van der Waals surface area (Å²) in [6, 6.07) is 33.9. The first-order valence-corrected chi connectivity index (χ1v) is 13.9. The highest BCUT2D eigenvalue weighted by Crippen LogP contribution is 2.35. The van der Waals surface area contributed by atoms with E-state index in [1.807, 2.05) is 24.3 Å². The van der Waals surface area contributed by atoms with E-state index in [9.17, 15) is 0 Å². The third-order valence-corrected chi connectivity index (χ3v) is 6.51. The molecule has 0 bridgehead atoms. The van der Waals surface area contributed by atoms with E-state index in [-0.39, 0.29) is 11.2 Å². The van der Waals surface area contributed by atoms with Gasteiger partial charge in [0.1, 0.15) is 22.7 Å². The van der Waals surface area contributed by atoms with Gasteiger partial charge in [0.2, 0.25) is 0 Å². The van der Waals surface area contributed by atoms with Crippen LogP contribution in [-0.2, 0) is 0 Å². The molecule has 0 N–H and O–H groups in total. The lowest BCUT2D eigenvalue weighted by Crippen LogP contribution is -2.22. The Labute approximate surface area is 238 Å². The van der Waals surface area contributed by atoms with Crippen LogP contribution in [0.2, 0.25) is 0 Å². The Morgan fingerprint density at radius 2 is 0.700 bits per heavy atom. The first-order chi connectivity index (χ1) is 19.1. The van der Waals surface area contributed by atoms with Gasteiger partial charge in [-0.2, -0.15) is 0 Å². The molecule has 0 radical (unpaired) electrons. The molecule has 0 spiro atoms. The Kier molecular flexibility index (Phi) is 7.54. The van der Waals surface area contributed by atoms with Gasteiger partial charge in [0.25, 0.3) is 0 Å². The third kappa shape index (κ3) is 6.63. The summed E-state index contributed by atoms with van der Waals surface area (Å²) in [5.41, 5.74) is 4.30. The van der Waals surface area contributed by atoms with Crippen molar-refractivity contribution in [3.63, 3.8) is 0 Å². The molecule has 202 valence electrons. The SMILES string of the molecule is CC(C)(C)Oc1ccc(/C=C/c2c3ccccc3c(/C=C/c3ccc(OC(C)(C)C)cc3)c3ccccc23)cc1. The van der Waals surface area contributed by atoms with Crippen LogP contribution in [0, 0.1) is 0 Å². The molecule has 0 aliphatic rings. The molecule has 40 heavy (non-hydrogen) atoms. The van der Waals surface area contributed by atoms with Gasteiger partial charge in [0, 0.05) is 0 Å². The summed E-state index contributed by atoms with van der Waals surface area (Å²) < 4.78 is 12.0. The van der Waals surface area contributed by atoms with Crippen molar-refractivity contribution in [3.8, 4) is 11.5 Å². The zero-order valence-corrected chi connectivity index (χ0v) is 24.4. The summed E-state index contributed by atoms with van der Waals surface area (Å²) >= 11 is 0. The number of fused-ring (bicyclic) bond motifs is 2. The van der Waals surface area contributed by atoms with Gasteiger partial charge in [-0.3, -0.25) is 0 Å². The van der Waals surface area contributed by atoms with Gasteiger partial charge >= 0.3 is 0 Å². The van der Waals surface area contributed by atoms with Crippen LogP contribution >= 0.6 is 0 Å². The van der Waals surface area contributed by atoms with Crippen molar-refractivity contribution in [1.82, 2.24) is 0 Å². The van der Waals surface area contributed by atoms with Gasteiger partial charge in [-0.05, 0) is 110 Å². The molecule has 0 aromatic heterocycles. The van der Waals surface area contributed by atoms with E-state index >= 15 is 0 Å². The smallest absolute Gasteiger partial charge is 0.120 e. The van der Waals surface area contributed by atoms with Crippen molar-refractivity contribution in [2.75, 3.05) is 0 Å². The fraction of sp³-hybridized carbons (Fsp3) is 0.211. The molecular weight excluding hydrogens is 488 g/mol. The van der Waals surface area contributed by atoms with Crippen LogP contribution in [0.25, 0.3) is 45.8 Å². The molecular formula is C38H38O2. The lowest BCUT2D eigenvalue weighted by atomic mass is 9.91. The second kappa shape index (κ2) is 11.1. The summed E-state index contributed by atoms with van der Waals surface area (Å²) in [6.07, 6.45) is 8.86. The van der Waals surface area contributed by atoms with Crippen LogP contribution in [0.1, 0.15) is 63.8 Å². The fourth-order valence-electron chi connectivity index (χ4n) is 4.92. The maximum absolute atomic E-state index is 5.99. The average Bonchev–Trinajstić information content (AvgIpc) is 2.90. The highest BCUT2D eigenvalue weighted by Gasteiger charge is 2.13. The van der Waals surface area contributed by atoms with Gasteiger partial charge in [-0.1, -0.05) is 97.1 Å². The van der Waals surface area contributed by atoms with E-state index < -0.39 is 0 Å². The second-order valence-electron chi connectivity index (χ2n) is 12.2. The molecule has 0 saturated carbocycles. The molecule has 0 atom stereocenters. The summed E-state index contributed by atoms with van der Waals surface area (Å²) in [5, 5.41) is 4.94. The monoisotopic (exact) mass is 526 g/mol. The van der Waals surface area contributed by atoms with Crippen LogP contribution in [0.3, 0.4) is 0 Å². The number of hydrogen-bond donors (Lipinski definition) is 0. The van der Waals surface area contributed by atoms with Crippen LogP contribution in [0.5, 0.6) is 11.5 Å². The minimum atomic E-state index is -0.213. The standard InChI is InChI=1S/C38H38O2/c1-37(2,3)39-29-21-15-27(16-22-29)19-25-35-31-11-7-9-13-33(31)36(34-14-10-8-12-32(34)35)26-20-28-17-23-30(24-18-28)40-38(4,5)6/h7-26H,1-6H3/b25-19+,26-20+. The third-order valence-electron chi connectivity index (χ3n) is 6.51. The van der Waals surface area contributed by atoms with Gasteiger partial charge in [0.05, 0.1) is 0 Å². The van der Waals surface area contributed by atoms with Crippen molar-refractivity contribution >= 4 is 45.8 Å². The molecule has 2 nitrogen and oxygen atoms in total. The Hall–Kier alpha value is -4.30. The summed E-state index contributed by atoms with van der Waals surface area (Å²) in [7, 11) is 0. The number of rotatable bonds is 6. The van der Waals surface area contributed by atoms with Crippen molar-refractivity contribution in [2.45, 2.75) is 52.7 Å². The summed E-state index contributed by atoms with van der Waals surface area (Å²) in [4.78, 5) is 0. The lowest BCUT2D eigenvalue weighted by molar-refractivity contribution is 0.130. The largest absolute Gasteiger partial charge is 0.488 e.